The van der Waals surface area contributed by atoms with E-state index in [1.54, 1.807) is 71.6 Å². The van der Waals surface area contributed by atoms with Gasteiger partial charge in [0.1, 0.15) is 17.1 Å². The van der Waals surface area contributed by atoms with E-state index in [1.165, 1.54) is 61.6 Å². The molecule has 38 nitrogen and oxygen atoms in total. The summed E-state index contributed by atoms with van der Waals surface area (Å²) >= 11 is 0. The van der Waals surface area contributed by atoms with Gasteiger partial charge >= 0.3 is 0 Å². The van der Waals surface area contributed by atoms with Crippen molar-refractivity contribution in [3.05, 3.63) is 125 Å². The number of rotatable bonds is 44. The molecule has 2 aliphatic rings. The van der Waals surface area contributed by atoms with Crippen LogP contribution in [0.4, 0.5) is 28.8 Å². The molecule has 2 atom stereocenters. The molecule has 1 aliphatic heterocycles. The van der Waals surface area contributed by atoms with Gasteiger partial charge in [0.25, 0.3) is 35.1 Å². The van der Waals surface area contributed by atoms with E-state index < -0.39 is 41.4 Å². The van der Waals surface area contributed by atoms with E-state index >= 15 is 0 Å². The minimum atomic E-state index is -0.640. The Kier molecular flexibility index (Phi) is 31.4. The first-order valence-electron chi connectivity index (χ1n) is 37.7. The number of nitrogens with one attached hydrogen (secondary N) is 11. The largest absolute Gasteiger partial charge is 0.464 e. The Labute approximate surface area is 651 Å². The minimum Gasteiger partial charge on any atom is -0.464 e. The number of carbonyl (C=O) groups is 9. The fraction of sp³-hybridized carbons (Fsp3) is 0.493. The van der Waals surface area contributed by atoms with E-state index in [0.717, 1.165) is 43.2 Å². The van der Waals surface area contributed by atoms with Crippen LogP contribution in [0, 0.1) is 12.8 Å². The molecule has 0 bridgehead atoms. The third kappa shape index (κ3) is 25.0. The number of imidazole rings is 3. The Morgan fingerprint density at radius 2 is 1.08 bits per heavy atom. The third-order valence-corrected chi connectivity index (χ3v) is 18.8. The van der Waals surface area contributed by atoms with Gasteiger partial charge in [-0.2, -0.15) is 0 Å². The molecular formula is C75H101N21O17. The van der Waals surface area contributed by atoms with Gasteiger partial charge in [-0.05, 0) is 56.5 Å². The Bertz CT molecular complexity index is 4610. The van der Waals surface area contributed by atoms with Crippen LogP contribution in [0.3, 0.4) is 0 Å². The number of piperidine rings is 1. The number of aryl methyl sites for hydroxylation is 6. The van der Waals surface area contributed by atoms with E-state index in [9.17, 15) is 47.9 Å². The summed E-state index contributed by atoms with van der Waals surface area (Å²) in [5.74, 6) is -2.82. The number of amides is 9. The molecule has 1 saturated heterocycles. The van der Waals surface area contributed by atoms with Crippen LogP contribution in [0.15, 0.2) is 89.2 Å². The van der Waals surface area contributed by atoms with Gasteiger partial charge in [0.2, 0.25) is 35.3 Å². The molecule has 608 valence electrons. The van der Waals surface area contributed by atoms with Gasteiger partial charge in [0.15, 0.2) is 23.3 Å². The molecule has 9 heterocycles. The first kappa shape index (κ1) is 84.0. The highest BCUT2D eigenvalue weighted by Crippen LogP contribution is 2.33. The molecule has 8 aromatic rings. The standard InChI is InChI=1S/C75H101N21O17/c1-48-39-52-53(58-13-10-26-113-58)42-81-65(64(52)90-69(48)100)85-55-17-23-96(45-54(55)70(101)82-49-11-8-7-9-12-49)25-28-108-30-32-110-34-36-112-38-37-111-35-33-109-31-29-107-27-22-76-61(97)14-18-80-73(104)67-88-59(46-94(67)5)86-62(98)15-19-79-72(103)57-41-51(44-93(57)4)84-75(106)68-89-60(47-95(68)6)87-63(99)16-20-78-71(102)56-40-50(43-92(56)3)83-74(105)66-77-21-24-91(66)2/h10,13,21,24,26,39-44,46-47,49,54-55H,7-9,11-12,14-20,22-23,25,27-38,45H2,1-6H3,(H,76,97)(H,78,102)(H,79,103)(H,80,104)(H,81,85)(H,82,101)(H,83,105)(H,84,106)(H,86,98)(H,87,99)(H,90,100)/t54-,55?/m1/s1. The maximum atomic E-state index is 14.0. The lowest BCUT2D eigenvalue weighted by Crippen LogP contribution is -2.54. The van der Waals surface area contributed by atoms with Crippen molar-refractivity contribution in [2.24, 2.45) is 41.2 Å². The van der Waals surface area contributed by atoms with Crippen molar-refractivity contribution < 1.29 is 76.0 Å². The number of furan rings is 1. The molecule has 8 aromatic heterocycles. The maximum Gasteiger partial charge on any atom is 0.291 e. The number of likely N-dealkylation sites (tertiary alicyclic amines) is 1. The summed E-state index contributed by atoms with van der Waals surface area (Å²) in [6, 6.07) is 8.41. The molecule has 0 spiro atoms. The number of anilines is 5. The topological polar surface area (TPSA) is 455 Å². The number of fused-ring (bicyclic) bond motifs is 1. The summed E-state index contributed by atoms with van der Waals surface area (Å²) in [6.07, 6.45) is 18.2. The molecule has 2 fully saturated rings. The van der Waals surface area contributed by atoms with Gasteiger partial charge in [-0.3, -0.25) is 47.9 Å². The van der Waals surface area contributed by atoms with E-state index in [4.69, 9.17) is 37.8 Å². The van der Waals surface area contributed by atoms with Gasteiger partial charge in [0, 0.05) is 172 Å². The second kappa shape index (κ2) is 42.3. The van der Waals surface area contributed by atoms with Crippen LogP contribution >= 0.6 is 0 Å². The lowest BCUT2D eigenvalue weighted by atomic mass is 9.89. The van der Waals surface area contributed by atoms with E-state index in [2.05, 4.69) is 78.0 Å². The molecule has 0 aromatic carbocycles. The zero-order valence-electron chi connectivity index (χ0n) is 64.4. The molecule has 1 unspecified atom stereocenters. The number of nitrogens with zero attached hydrogens (tertiary/aromatic N) is 10. The molecule has 38 heteroatoms. The Morgan fingerprint density at radius 3 is 1.63 bits per heavy atom. The number of ether oxygens (including phenoxy) is 6. The first-order chi connectivity index (χ1) is 54.6. The van der Waals surface area contributed by atoms with Gasteiger partial charge in [-0.15, -0.1) is 0 Å². The number of hydrogen-bond donors (Lipinski definition) is 11. The molecule has 1 saturated carbocycles. The van der Waals surface area contributed by atoms with Crippen molar-refractivity contribution in [3.8, 4) is 11.3 Å². The molecule has 10 rings (SSSR count). The lowest BCUT2D eigenvalue weighted by Gasteiger charge is -2.39. The fourth-order valence-corrected chi connectivity index (χ4v) is 12.9. The van der Waals surface area contributed by atoms with Crippen LogP contribution in [0.25, 0.3) is 22.2 Å². The van der Waals surface area contributed by atoms with Gasteiger partial charge in [-0.1, -0.05) is 19.3 Å². The van der Waals surface area contributed by atoms with Crippen LogP contribution in [0.1, 0.15) is 116 Å². The normalized spacial score (nSPS) is 14.5. The van der Waals surface area contributed by atoms with Crippen molar-refractivity contribution in [1.82, 2.24) is 79.2 Å². The van der Waals surface area contributed by atoms with E-state index in [0.29, 0.717) is 121 Å². The molecule has 0 radical (unpaired) electrons. The van der Waals surface area contributed by atoms with E-state index in [1.807, 2.05) is 18.2 Å². The van der Waals surface area contributed by atoms with Crippen LogP contribution in [-0.4, -0.2) is 243 Å². The Balaban J connectivity index is 0.501. The van der Waals surface area contributed by atoms with Crippen LogP contribution in [0.5, 0.6) is 0 Å². The fourth-order valence-electron chi connectivity index (χ4n) is 12.9. The highest BCUT2D eigenvalue weighted by molar-refractivity contribution is 6.05. The average Bonchev–Trinajstić information content (AvgIpc) is 1.12. The zero-order valence-corrected chi connectivity index (χ0v) is 64.4. The molecule has 11 N–H and O–H groups in total. The predicted molar refractivity (Wildman–Crippen MR) is 414 cm³/mol. The first-order valence-corrected chi connectivity index (χ1v) is 37.7. The quantitative estimate of drug-likeness (QED) is 0.0245. The minimum absolute atomic E-state index is 0.00709. The van der Waals surface area contributed by atoms with Crippen molar-refractivity contribution in [2.45, 2.75) is 76.8 Å². The van der Waals surface area contributed by atoms with Crippen LogP contribution in [-0.2, 0) is 82.8 Å². The second-order valence-electron chi connectivity index (χ2n) is 27.3. The Hall–Kier alpha value is -11.4. The number of aromatic nitrogens is 10. The van der Waals surface area contributed by atoms with Crippen molar-refractivity contribution in [2.75, 3.05) is 152 Å². The molecule has 113 heavy (non-hydrogen) atoms. The molecule has 1 aliphatic carbocycles. The number of pyridine rings is 2. The third-order valence-electron chi connectivity index (χ3n) is 18.8. The second-order valence-corrected chi connectivity index (χ2v) is 27.3. The zero-order chi connectivity index (χ0) is 80.2. The highest BCUT2D eigenvalue weighted by atomic mass is 16.6. The maximum absolute atomic E-state index is 14.0. The van der Waals surface area contributed by atoms with Crippen molar-refractivity contribution in [1.29, 1.82) is 0 Å². The molecular weight excluding hydrogens is 1470 g/mol. The van der Waals surface area contributed by atoms with Crippen LogP contribution in [0.2, 0.25) is 0 Å². The summed E-state index contributed by atoms with van der Waals surface area (Å²) in [7, 11) is 8.04. The monoisotopic (exact) mass is 1570 g/mol. The number of carbonyl (C=O) groups excluding carboxylic acids is 9. The van der Waals surface area contributed by atoms with Gasteiger partial charge in [-0.25, -0.2) is 19.9 Å². The summed E-state index contributed by atoms with van der Waals surface area (Å²) in [5.41, 5.74) is 2.76. The smallest absolute Gasteiger partial charge is 0.291 e. The lowest BCUT2D eigenvalue weighted by molar-refractivity contribution is -0.128. The summed E-state index contributed by atoms with van der Waals surface area (Å²) in [6.45, 7) is 8.45. The summed E-state index contributed by atoms with van der Waals surface area (Å²) in [4.78, 5) is 152. The Morgan fingerprint density at radius 1 is 0.549 bits per heavy atom. The van der Waals surface area contributed by atoms with E-state index in [-0.39, 0.29) is 134 Å². The SMILES string of the molecule is Cc1cc2c(-c3ccco3)cnc(NC3CCN(CCOCCOCCOCCOCCOCCOCCNC(=O)CCNC(=O)c4nc(NC(=O)CCNC(=O)c5cc(NC(=O)c6nc(NC(=O)CCNC(=O)c7cc(NC(=O)c8nccn8C)cn7C)cn6C)cn5C)cn4C)C[C@H]3C(=O)NC3CCCCC3)c2[nH]c1=O. The number of H-pyrrole nitrogens is 1. The van der Waals surface area contributed by atoms with Gasteiger partial charge in [0.05, 0.1) is 108 Å². The number of hydrogen-bond acceptors (Lipinski definition) is 23. The predicted octanol–water partition coefficient (Wildman–Crippen LogP) is 2.98. The molecule has 9 amide bonds. The summed E-state index contributed by atoms with van der Waals surface area (Å²) in [5, 5.41) is 29.1. The van der Waals surface area contributed by atoms with Crippen molar-refractivity contribution in [3.63, 3.8) is 0 Å². The summed E-state index contributed by atoms with van der Waals surface area (Å²) < 4.78 is 47.1. The highest BCUT2D eigenvalue weighted by Gasteiger charge is 2.36. The number of aromatic amines is 1. The van der Waals surface area contributed by atoms with Gasteiger partial charge < -0.3 is 119 Å². The van der Waals surface area contributed by atoms with Crippen molar-refractivity contribution >= 4 is 92.9 Å². The average molecular weight is 1570 g/mol. The van der Waals surface area contributed by atoms with Crippen LogP contribution < -0.4 is 58.7 Å².